The average Bonchev–Trinajstić information content (AvgIpc) is 2.71. The molecule has 122 valence electrons. The fourth-order valence-electron chi connectivity index (χ4n) is 6.14. The fraction of sp³-hybridized carbons (Fsp3) is 0.889. The van der Waals surface area contributed by atoms with Crippen molar-refractivity contribution < 1.29 is 9.59 Å². The van der Waals surface area contributed by atoms with Crippen molar-refractivity contribution in [2.75, 3.05) is 26.2 Å². The molecule has 2 amide bonds. The Morgan fingerprint density at radius 1 is 0.818 bits per heavy atom. The van der Waals surface area contributed by atoms with Crippen LogP contribution in [0.25, 0.3) is 0 Å². The Balaban J connectivity index is 1.48. The van der Waals surface area contributed by atoms with Crippen LogP contribution in [0, 0.1) is 23.2 Å². The highest BCUT2D eigenvalue weighted by Gasteiger charge is 2.55. The molecule has 22 heavy (non-hydrogen) atoms. The van der Waals surface area contributed by atoms with Crippen LogP contribution in [0.1, 0.15) is 51.9 Å². The van der Waals surface area contributed by atoms with E-state index in [1.165, 1.54) is 19.3 Å². The molecule has 4 saturated carbocycles. The SMILES string of the molecule is CC(=O)N1CCCN(C(=O)C23CC4CC(CC(C4)C2)C3)CC1. The van der Waals surface area contributed by atoms with Crippen LogP contribution in [0.3, 0.4) is 0 Å². The molecule has 1 aliphatic heterocycles. The van der Waals surface area contributed by atoms with Crippen LogP contribution in [0.15, 0.2) is 0 Å². The van der Waals surface area contributed by atoms with Crippen molar-refractivity contribution in [3.63, 3.8) is 0 Å². The summed E-state index contributed by atoms with van der Waals surface area (Å²) in [4.78, 5) is 28.9. The summed E-state index contributed by atoms with van der Waals surface area (Å²) in [6, 6.07) is 0. The van der Waals surface area contributed by atoms with Crippen LogP contribution in [0.4, 0.5) is 0 Å². The molecule has 0 radical (unpaired) electrons. The first-order valence-electron chi connectivity index (χ1n) is 9.11. The van der Waals surface area contributed by atoms with Crippen LogP contribution >= 0.6 is 0 Å². The summed E-state index contributed by atoms with van der Waals surface area (Å²) < 4.78 is 0. The largest absolute Gasteiger partial charge is 0.341 e. The first kappa shape index (κ1) is 14.5. The van der Waals surface area contributed by atoms with E-state index in [1.807, 2.05) is 4.90 Å². The molecule has 1 heterocycles. The summed E-state index contributed by atoms with van der Waals surface area (Å²) in [6.45, 7) is 4.73. The maximum Gasteiger partial charge on any atom is 0.228 e. The Morgan fingerprint density at radius 3 is 1.86 bits per heavy atom. The van der Waals surface area contributed by atoms with E-state index in [0.29, 0.717) is 12.5 Å². The van der Waals surface area contributed by atoms with Gasteiger partial charge in [0, 0.05) is 33.1 Å². The van der Waals surface area contributed by atoms with Gasteiger partial charge >= 0.3 is 0 Å². The van der Waals surface area contributed by atoms with E-state index < -0.39 is 0 Å². The number of amides is 2. The summed E-state index contributed by atoms with van der Waals surface area (Å²) >= 11 is 0. The van der Waals surface area contributed by atoms with E-state index in [0.717, 1.165) is 63.1 Å². The molecular weight excluding hydrogens is 276 g/mol. The average molecular weight is 304 g/mol. The predicted octanol–water partition coefficient (Wildman–Crippen LogP) is 2.28. The summed E-state index contributed by atoms with van der Waals surface area (Å²) in [7, 11) is 0. The Bertz CT molecular complexity index is 452. The quantitative estimate of drug-likeness (QED) is 0.746. The van der Waals surface area contributed by atoms with Gasteiger partial charge in [-0.15, -0.1) is 0 Å². The van der Waals surface area contributed by atoms with Crippen molar-refractivity contribution in [1.29, 1.82) is 0 Å². The van der Waals surface area contributed by atoms with Gasteiger partial charge in [0.25, 0.3) is 0 Å². The smallest absolute Gasteiger partial charge is 0.228 e. The Labute approximate surface area is 133 Å². The van der Waals surface area contributed by atoms with Gasteiger partial charge in [0.15, 0.2) is 0 Å². The third kappa shape index (κ3) is 2.35. The van der Waals surface area contributed by atoms with Crippen LogP contribution in [0.2, 0.25) is 0 Å². The molecule has 1 saturated heterocycles. The second kappa shape index (κ2) is 5.24. The molecule has 0 unspecified atom stereocenters. The van der Waals surface area contributed by atoms with Crippen molar-refractivity contribution in [3.8, 4) is 0 Å². The van der Waals surface area contributed by atoms with Gasteiger partial charge in [-0.05, 0) is 62.7 Å². The maximum atomic E-state index is 13.3. The Kier molecular flexibility index (Phi) is 3.46. The van der Waals surface area contributed by atoms with Crippen LogP contribution in [-0.4, -0.2) is 47.8 Å². The molecule has 0 atom stereocenters. The molecule has 5 aliphatic rings. The number of hydrogen-bond donors (Lipinski definition) is 0. The molecule has 5 rings (SSSR count). The highest BCUT2D eigenvalue weighted by Crippen LogP contribution is 2.60. The lowest BCUT2D eigenvalue weighted by molar-refractivity contribution is -0.157. The van der Waals surface area contributed by atoms with Crippen LogP contribution < -0.4 is 0 Å². The highest BCUT2D eigenvalue weighted by molar-refractivity contribution is 5.83. The van der Waals surface area contributed by atoms with E-state index in [2.05, 4.69) is 4.90 Å². The van der Waals surface area contributed by atoms with Gasteiger partial charge in [-0.3, -0.25) is 9.59 Å². The molecule has 5 fully saturated rings. The van der Waals surface area contributed by atoms with Gasteiger partial charge in [0.1, 0.15) is 0 Å². The standard InChI is InChI=1S/C18H28N2O2/c1-13(21)19-3-2-4-20(6-5-19)17(22)18-10-14-7-15(11-18)9-16(8-14)12-18/h14-16H,2-12H2,1H3. The Hall–Kier alpha value is -1.06. The predicted molar refractivity (Wildman–Crippen MR) is 84.1 cm³/mol. The molecule has 0 spiro atoms. The van der Waals surface area contributed by atoms with E-state index in [4.69, 9.17) is 0 Å². The summed E-state index contributed by atoms with van der Waals surface area (Å²) in [5, 5.41) is 0. The number of carbonyl (C=O) groups is 2. The lowest BCUT2D eigenvalue weighted by Crippen LogP contribution is -2.55. The van der Waals surface area contributed by atoms with Crippen molar-refractivity contribution in [1.82, 2.24) is 9.80 Å². The lowest BCUT2D eigenvalue weighted by atomic mass is 9.49. The van der Waals surface area contributed by atoms with Crippen molar-refractivity contribution in [2.24, 2.45) is 23.2 Å². The van der Waals surface area contributed by atoms with Gasteiger partial charge in [-0.25, -0.2) is 0 Å². The summed E-state index contributed by atoms with van der Waals surface area (Å²) in [6.07, 6.45) is 8.50. The second-order valence-corrected chi connectivity index (χ2v) is 8.35. The van der Waals surface area contributed by atoms with Crippen LogP contribution in [0.5, 0.6) is 0 Å². The molecule has 0 N–H and O–H groups in total. The van der Waals surface area contributed by atoms with E-state index in [9.17, 15) is 9.59 Å². The van der Waals surface area contributed by atoms with Gasteiger partial charge in [-0.2, -0.15) is 0 Å². The molecule has 4 bridgehead atoms. The topological polar surface area (TPSA) is 40.6 Å². The number of carbonyl (C=O) groups excluding carboxylic acids is 2. The molecule has 4 nitrogen and oxygen atoms in total. The van der Waals surface area contributed by atoms with E-state index >= 15 is 0 Å². The number of rotatable bonds is 1. The lowest BCUT2D eigenvalue weighted by Gasteiger charge is -2.56. The van der Waals surface area contributed by atoms with Crippen LogP contribution in [-0.2, 0) is 9.59 Å². The second-order valence-electron chi connectivity index (χ2n) is 8.35. The van der Waals surface area contributed by atoms with E-state index in [1.54, 1.807) is 6.92 Å². The zero-order chi connectivity index (χ0) is 15.3. The molecule has 4 aliphatic carbocycles. The number of hydrogen-bond acceptors (Lipinski definition) is 2. The van der Waals surface area contributed by atoms with E-state index in [-0.39, 0.29) is 11.3 Å². The van der Waals surface area contributed by atoms with Crippen molar-refractivity contribution in [2.45, 2.75) is 51.9 Å². The summed E-state index contributed by atoms with van der Waals surface area (Å²) in [5.41, 5.74) is -0.0276. The zero-order valence-electron chi connectivity index (χ0n) is 13.7. The molecule has 4 heteroatoms. The minimum atomic E-state index is -0.0276. The monoisotopic (exact) mass is 304 g/mol. The van der Waals surface area contributed by atoms with Gasteiger partial charge in [0.2, 0.25) is 11.8 Å². The molecule has 0 aromatic heterocycles. The van der Waals surface area contributed by atoms with Crippen molar-refractivity contribution in [3.05, 3.63) is 0 Å². The minimum Gasteiger partial charge on any atom is -0.341 e. The van der Waals surface area contributed by atoms with Gasteiger partial charge in [0.05, 0.1) is 5.41 Å². The zero-order valence-corrected chi connectivity index (χ0v) is 13.7. The third-order valence-corrected chi connectivity index (χ3v) is 6.72. The third-order valence-electron chi connectivity index (χ3n) is 6.72. The maximum absolute atomic E-state index is 13.3. The highest BCUT2D eigenvalue weighted by atomic mass is 16.2. The molecule has 0 aromatic carbocycles. The Morgan fingerprint density at radius 2 is 1.32 bits per heavy atom. The number of nitrogens with zero attached hydrogens (tertiary/aromatic N) is 2. The molecule has 0 aromatic rings. The molecular formula is C18H28N2O2. The van der Waals surface area contributed by atoms with Gasteiger partial charge < -0.3 is 9.80 Å². The fourth-order valence-corrected chi connectivity index (χ4v) is 6.14. The van der Waals surface area contributed by atoms with Crippen molar-refractivity contribution >= 4 is 11.8 Å². The normalized spacial score (nSPS) is 40.7. The van der Waals surface area contributed by atoms with Gasteiger partial charge in [-0.1, -0.05) is 0 Å². The first-order chi connectivity index (χ1) is 10.6. The first-order valence-corrected chi connectivity index (χ1v) is 9.11. The minimum absolute atomic E-state index is 0.0276. The summed E-state index contributed by atoms with van der Waals surface area (Å²) in [5.74, 6) is 3.02.